The minimum absolute atomic E-state index is 0.301. The molecule has 2 aromatic heterocycles. The fourth-order valence-corrected chi connectivity index (χ4v) is 2.07. The van der Waals surface area contributed by atoms with Crippen molar-refractivity contribution in [2.75, 3.05) is 0 Å². The van der Waals surface area contributed by atoms with Crippen molar-refractivity contribution in [3.8, 4) is 10.8 Å². The Labute approximate surface area is 90.8 Å². The van der Waals surface area contributed by atoms with Crippen molar-refractivity contribution in [2.24, 2.45) is 0 Å². The Kier molecular flexibility index (Phi) is 2.54. The summed E-state index contributed by atoms with van der Waals surface area (Å²) < 4.78 is 5.06. The van der Waals surface area contributed by atoms with Gasteiger partial charge in [-0.3, -0.25) is 0 Å². The van der Waals surface area contributed by atoms with Crippen molar-refractivity contribution in [3.05, 3.63) is 16.5 Å². The Balaban J connectivity index is 2.41. The third-order valence-corrected chi connectivity index (χ3v) is 2.97. The van der Waals surface area contributed by atoms with Gasteiger partial charge in [0.1, 0.15) is 11.0 Å². The van der Waals surface area contributed by atoms with Gasteiger partial charge in [-0.2, -0.15) is 4.98 Å². The van der Waals surface area contributed by atoms with Crippen LogP contribution in [0.2, 0.25) is 0 Å². The van der Waals surface area contributed by atoms with E-state index < -0.39 is 6.10 Å². The monoisotopic (exact) mass is 225 g/mol. The van der Waals surface area contributed by atoms with Gasteiger partial charge in [0.15, 0.2) is 5.82 Å². The van der Waals surface area contributed by atoms with E-state index in [9.17, 15) is 5.11 Å². The summed E-state index contributed by atoms with van der Waals surface area (Å²) in [5.74, 6) is 0.726. The van der Waals surface area contributed by atoms with Crippen LogP contribution >= 0.6 is 11.3 Å². The van der Waals surface area contributed by atoms with E-state index in [2.05, 4.69) is 15.1 Å². The Bertz CT molecular complexity index is 475. The standard InChI is InChI=1S/C9H11N3O2S/c1-4-7(15-6(3)10-4)9-11-8(5(2)13)12-14-9/h5,13H,1-3H3. The van der Waals surface area contributed by atoms with Gasteiger partial charge in [0.05, 0.1) is 10.7 Å². The third-order valence-electron chi connectivity index (χ3n) is 1.91. The zero-order chi connectivity index (χ0) is 11.0. The van der Waals surface area contributed by atoms with Crippen LogP contribution in [0.3, 0.4) is 0 Å². The second kappa shape index (κ2) is 3.71. The molecule has 0 spiro atoms. The lowest BCUT2D eigenvalue weighted by molar-refractivity contribution is 0.184. The summed E-state index contributed by atoms with van der Waals surface area (Å²) >= 11 is 1.50. The second-order valence-electron chi connectivity index (χ2n) is 3.28. The summed E-state index contributed by atoms with van der Waals surface area (Å²) in [5.41, 5.74) is 0.873. The van der Waals surface area contributed by atoms with Crippen molar-refractivity contribution in [1.29, 1.82) is 0 Å². The Morgan fingerprint density at radius 2 is 2.07 bits per heavy atom. The molecular weight excluding hydrogens is 214 g/mol. The first-order valence-electron chi connectivity index (χ1n) is 4.54. The maximum atomic E-state index is 9.26. The molecule has 0 saturated carbocycles. The largest absolute Gasteiger partial charge is 0.385 e. The summed E-state index contributed by atoms with van der Waals surface area (Å²) in [6.45, 7) is 5.41. The number of hydrogen-bond acceptors (Lipinski definition) is 6. The molecule has 80 valence electrons. The average molecular weight is 225 g/mol. The van der Waals surface area contributed by atoms with E-state index in [-0.39, 0.29) is 0 Å². The molecule has 0 bridgehead atoms. The van der Waals surface area contributed by atoms with Crippen LogP contribution in [-0.2, 0) is 0 Å². The van der Waals surface area contributed by atoms with E-state index in [1.807, 2.05) is 13.8 Å². The predicted octanol–water partition coefficient (Wildman–Crippen LogP) is 1.86. The SMILES string of the molecule is Cc1nc(C)c(-c2nc(C(C)O)no2)s1. The fourth-order valence-electron chi connectivity index (χ4n) is 1.23. The number of aryl methyl sites for hydroxylation is 2. The summed E-state index contributed by atoms with van der Waals surface area (Å²) in [6, 6.07) is 0. The van der Waals surface area contributed by atoms with Crippen molar-refractivity contribution in [1.82, 2.24) is 15.1 Å². The summed E-state index contributed by atoms with van der Waals surface area (Å²) in [7, 11) is 0. The van der Waals surface area contributed by atoms with E-state index in [1.165, 1.54) is 11.3 Å². The van der Waals surface area contributed by atoms with E-state index in [4.69, 9.17) is 4.52 Å². The molecule has 2 heterocycles. The van der Waals surface area contributed by atoms with Crippen molar-refractivity contribution in [2.45, 2.75) is 26.9 Å². The molecule has 1 atom stereocenters. The van der Waals surface area contributed by atoms with Crippen LogP contribution in [0, 0.1) is 13.8 Å². The minimum atomic E-state index is -0.711. The molecule has 6 heteroatoms. The van der Waals surface area contributed by atoms with E-state index >= 15 is 0 Å². The van der Waals surface area contributed by atoms with Crippen LogP contribution in [-0.4, -0.2) is 20.2 Å². The number of hydrogen-bond donors (Lipinski definition) is 1. The molecule has 1 N–H and O–H groups in total. The summed E-state index contributed by atoms with van der Waals surface area (Å²) in [5, 5.41) is 13.9. The van der Waals surface area contributed by atoms with Gasteiger partial charge in [-0.05, 0) is 20.8 Å². The molecule has 0 radical (unpaired) electrons. The number of aromatic nitrogens is 3. The molecule has 0 aliphatic heterocycles. The van der Waals surface area contributed by atoms with Crippen LogP contribution in [0.5, 0.6) is 0 Å². The first-order chi connectivity index (χ1) is 7.08. The lowest BCUT2D eigenvalue weighted by Crippen LogP contribution is -1.92. The van der Waals surface area contributed by atoms with Gasteiger partial charge in [-0.1, -0.05) is 5.16 Å². The van der Waals surface area contributed by atoms with E-state index in [0.717, 1.165) is 15.6 Å². The first kappa shape index (κ1) is 10.3. The number of aliphatic hydroxyl groups excluding tert-OH is 1. The Morgan fingerprint density at radius 3 is 2.53 bits per heavy atom. The Hall–Kier alpha value is -1.27. The van der Waals surface area contributed by atoms with Gasteiger partial charge in [0.2, 0.25) is 0 Å². The highest BCUT2D eigenvalue weighted by Gasteiger charge is 2.16. The lowest BCUT2D eigenvalue weighted by atomic mass is 10.4. The highest BCUT2D eigenvalue weighted by atomic mass is 32.1. The topological polar surface area (TPSA) is 72.0 Å². The van der Waals surface area contributed by atoms with Gasteiger partial charge in [-0.25, -0.2) is 4.98 Å². The van der Waals surface area contributed by atoms with Gasteiger partial charge >= 0.3 is 0 Å². The molecule has 2 aromatic rings. The fraction of sp³-hybridized carbons (Fsp3) is 0.444. The molecular formula is C9H11N3O2S. The molecule has 2 rings (SSSR count). The minimum Gasteiger partial charge on any atom is -0.385 e. The molecule has 0 aliphatic carbocycles. The molecule has 15 heavy (non-hydrogen) atoms. The quantitative estimate of drug-likeness (QED) is 0.844. The van der Waals surface area contributed by atoms with Crippen LogP contribution in [0.1, 0.15) is 29.6 Å². The smallest absolute Gasteiger partial charge is 0.270 e. The van der Waals surface area contributed by atoms with Gasteiger partial charge in [0.25, 0.3) is 5.89 Å². The number of aliphatic hydroxyl groups is 1. The number of nitrogens with zero attached hydrogens (tertiary/aromatic N) is 3. The number of rotatable bonds is 2. The maximum absolute atomic E-state index is 9.26. The molecule has 0 aliphatic rings. The van der Waals surface area contributed by atoms with E-state index in [1.54, 1.807) is 6.92 Å². The predicted molar refractivity (Wildman–Crippen MR) is 55.5 cm³/mol. The van der Waals surface area contributed by atoms with Crippen LogP contribution in [0.4, 0.5) is 0 Å². The van der Waals surface area contributed by atoms with Crippen LogP contribution in [0.15, 0.2) is 4.52 Å². The molecule has 0 fully saturated rings. The molecule has 0 saturated heterocycles. The molecule has 0 amide bonds. The van der Waals surface area contributed by atoms with Crippen molar-refractivity contribution < 1.29 is 9.63 Å². The molecule has 1 unspecified atom stereocenters. The van der Waals surface area contributed by atoms with Gasteiger partial charge in [0, 0.05) is 0 Å². The summed E-state index contributed by atoms with van der Waals surface area (Å²) in [4.78, 5) is 9.23. The highest BCUT2D eigenvalue weighted by Crippen LogP contribution is 2.28. The summed E-state index contributed by atoms with van der Waals surface area (Å²) in [6.07, 6.45) is -0.711. The van der Waals surface area contributed by atoms with Crippen LogP contribution < -0.4 is 0 Å². The molecule has 0 aromatic carbocycles. The lowest BCUT2D eigenvalue weighted by Gasteiger charge is -1.91. The highest BCUT2D eigenvalue weighted by molar-refractivity contribution is 7.15. The third kappa shape index (κ3) is 1.91. The van der Waals surface area contributed by atoms with Gasteiger partial charge < -0.3 is 9.63 Å². The first-order valence-corrected chi connectivity index (χ1v) is 5.35. The van der Waals surface area contributed by atoms with Crippen molar-refractivity contribution >= 4 is 11.3 Å². The number of thiazole rings is 1. The van der Waals surface area contributed by atoms with Gasteiger partial charge in [-0.15, -0.1) is 11.3 Å². The zero-order valence-corrected chi connectivity index (χ0v) is 9.50. The molecule has 5 nitrogen and oxygen atoms in total. The normalized spacial score (nSPS) is 13.1. The van der Waals surface area contributed by atoms with E-state index in [0.29, 0.717) is 11.7 Å². The Morgan fingerprint density at radius 1 is 1.33 bits per heavy atom. The van der Waals surface area contributed by atoms with Crippen molar-refractivity contribution in [3.63, 3.8) is 0 Å². The van der Waals surface area contributed by atoms with Crippen LogP contribution in [0.25, 0.3) is 10.8 Å². The zero-order valence-electron chi connectivity index (χ0n) is 8.68. The second-order valence-corrected chi connectivity index (χ2v) is 4.48. The maximum Gasteiger partial charge on any atom is 0.270 e. The average Bonchev–Trinajstić information content (AvgIpc) is 2.71.